The van der Waals surface area contributed by atoms with E-state index in [4.69, 9.17) is 18.9 Å². The number of amides is 2. The molecule has 1 aliphatic carbocycles. The molecule has 1 spiro atoms. The third kappa shape index (κ3) is 5.42. The van der Waals surface area contributed by atoms with Crippen LogP contribution in [0.5, 0.6) is 0 Å². The number of hydrogen-bond donors (Lipinski definition) is 1. The van der Waals surface area contributed by atoms with Crippen LogP contribution in [-0.4, -0.2) is 66.0 Å². The van der Waals surface area contributed by atoms with Gasteiger partial charge in [0.1, 0.15) is 23.4 Å². The molecule has 0 radical (unpaired) electrons. The van der Waals surface area contributed by atoms with Crippen LogP contribution in [-0.2, 0) is 23.7 Å². The molecule has 2 aliphatic heterocycles. The minimum atomic E-state index is -0.761. The molecule has 2 saturated heterocycles. The van der Waals surface area contributed by atoms with Crippen molar-refractivity contribution in [3.63, 3.8) is 0 Å². The highest BCUT2D eigenvalue weighted by Gasteiger charge is 2.72. The number of aromatic nitrogens is 1. The van der Waals surface area contributed by atoms with Crippen LogP contribution in [0.1, 0.15) is 40.0 Å². The van der Waals surface area contributed by atoms with Gasteiger partial charge >= 0.3 is 6.09 Å². The van der Waals surface area contributed by atoms with Gasteiger partial charge in [-0.2, -0.15) is 0 Å². The molecule has 0 bridgehead atoms. The van der Waals surface area contributed by atoms with Crippen molar-refractivity contribution in [1.29, 1.82) is 0 Å². The number of nitrogens with zero attached hydrogens (tertiary/aromatic N) is 1. The van der Waals surface area contributed by atoms with Gasteiger partial charge in [-0.05, 0) is 52.2 Å². The van der Waals surface area contributed by atoms with Gasteiger partial charge in [0, 0.05) is 13.3 Å². The normalized spacial score (nSPS) is 34.4. The maximum atomic E-state index is 12.5. The Morgan fingerprint density at radius 1 is 1.36 bits per heavy atom. The number of allylic oxidation sites excluding steroid dienone is 1. The fraction of sp³-hybridized carbons (Fsp3) is 0.625. The minimum Gasteiger partial charge on any atom is -0.443 e. The summed E-state index contributed by atoms with van der Waals surface area (Å²) in [5, 5.41) is 3.03. The minimum absolute atomic E-state index is 0.0625. The lowest BCUT2D eigenvalue weighted by Crippen LogP contribution is -2.56. The number of ether oxygens (including phenoxy) is 4. The molecule has 1 N–H and O–H groups in total. The number of nitrogens with one attached hydrogen (secondary N) is 1. The first-order valence-electron chi connectivity index (χ1n) is 11.3. The van der Waals surface area contributed by atoms with Crippen molar-refractivity contribution in [3.8, 4) is 0 Å². The van der Waals surface area contributed by atoms with E-state index in [9.17, 15) is 9.59 Å². The number of pyridine rings is 1. The van der Waals surface area contributed by atoms with Gasteiger partial charge in [0.25, 0.3) is 0 Å². The predicted molar refractivity (Wildman–Crippen MR) is 123 cm³/mol. The SMILES string of the molecule is COC1C(OC(=O)NC(=O)CSc2ccccn2)CCC2(CO2)C1C1(C)OC1CC=C(C)C. The summed E-state index contributed by atoms with van der Waals surface area (Å²) in [6.45, 7) is 6.90. The van der Waals surface area contributed by atoms with E-state index < -0.39 is 23.7 Å². The first kappa shape index (κ1) is 24.2. The van der Waals surface area contributed by atoms with Gasteiger partial charge in [-0.1, -0.05) is 29.5 Å². The zero-order valence-corrected chi connectivity index (χ0v) is 20.4. The summed E-state index contributed by atoms with van der Waals surface area (Å²) in [7, 11) is 1.62. The number of thioether (sulfide) groups is 1. The van der Waals surface area contributed by atoms with E-state index in [1.165, 1.54) is 17.3 Å². The molecule has 6 unspecified atom stereocenters. The average Bonchev–Trinajstić information content (AvgIpc) is 3.70. The lowest BCUT2D eigenvalue weighted by molar-refractivity contribution is -0.124. The van der Waals surface area contributed by atoms with Gasteiger partial charge in [0.2, 0.25) is 5.91 Å². The van der Waals surface area contributed by atoms with Gasteiger partial charge in [0.15, 0.2) is 0 Å². The Morgan fingerprint density at radius 3 is 2.79 bits per heavy atom. The van der Waals surface area contributed by atoms with E-state index in [-0.39, 0.29) is 29.5 Å². The number of epoxide rings is 2. The summed E-state index contributed by atoms with van der Waals surface area (Å²) < 4.78 is 23.6. The second kappa shape index (κ2) is 9.74. The smallest absolute Gasteiger partial charge is 0.414 e. The van der Waals surface area contributed by atoms with E-state index in [1.807, 2.05) is 12.1 Å². The second-order valence-electron chi connectivity index (χ2n) is 9.33. The topological polar surface area (TPSA) is 103 Å². The zero-order valence-electron chi connectivity index (χ0n) is 19.5. The lowest BCUT2D eigenvalue weighted by Gasteiger charge is -2.42. The number of imide groups is 1. The van der Waals surface area contributed by atoms with Gasteiger partial charge in [0.05, 0.1) is 29.4 Å². The molecule has 1 aromatic heterocycles. The van der Waals surface area contributed by atoms with Crippen LogP contribution in [0.25, 0.3) is 0 Å². The van der Waals surface area contributed by atoms with E-state index >= 15 is 0 Å². The molecule has 1 saturated carbocycles. The molecule has 3 aliphatic rings. The number of hydrogen-bond acceptors (Lipinski definition) is 8. The maximum Gasteiger partial charge on any atom is 0.414 e. The van der Waals surface area contributed by atoms with Crippen LogP contribution in [0.15, 0.2) is 41.1 Å². The molecular weight excluding hydrogens is 444 g/mol. The van der Waals surface area contributed by atoms with Crippen molar-refractivity contribution in [2.75, 3.05) is 19.5 Å². The summed E-state index contributed by atoms with van der Waals surface area (Å²) in [6, 6.07) is 5.46. The highest BCUT2D eigenvalue weighted by molar-refractivity contribution is 7.99. The average molecular weight is 477 g/mol. The van der Waals surface area contributed by atoms with Crippen LogP contribution in [0.2, 0.25) is 0 Å². The summed E-state index contributed by atoms with van der Waals surface area (Å²) >= 11 is 1.26. The number of carbonyl (C=O) groups excluding carboxylic acids is 2. The summed E-state index contributed by atoms with van der Waals surface area (Å²) in [4.78, 5) is 28.8. The van der Waals surface area contributed by atoms with E-state index in [0.717, 1.165) is 12.8 Å². The van der Waals surface area contributed by atoms with Crippen molar-refractivity contribution in [2.45, 2.75) is 74.6 Å². The molecule has 0 aromatic carbocycles. The molecule has 6 atom stereocenters. The van der Waals surface area contributed by atoms with Crippen molar-refractivity contribution < 1.29 is 28.5 Å². The fourth-order valence-electron chi connectivity index (χ4n) is 4.96. The Labute approximate surface area is 198 Å². The molecule has 4 rings (SSSR count). The Balaban J connectivity index is 1.35. The van der Waals surface area contributed by atoms with Crippen LogP contribution in [0, 0.1) is 5.92 Å². The Kier molecular flexibility index (Phi) is 7.14. The van der Waals surface area contributed by atoms with Crippen LogP contribution in [0.3, 0.4) is 0 Å². The Hall–Kier alpha value is -1.94. The van der Waals surface area contributed by atoms with E-state index in [2.05, 4.69) is 37.1 Å². The number of alkyl carbamates (subject to hydrolysis) is 1. The highest BCUT2D eigenvalue weighted by atomic mass is 32.2. The van der Waals surface area contributed by atoms with E-state index in [0.29, 0.717) is 18.1 Å². The molecule has 3 fully saturated rings. The van der Waals surface area contributed by atoms with Gasteiger partial charge in [-0.15, -0.1) is 0 Å². The molecule has 8 nitrogen and oxygen atoms in total. The number of methoxy groups -OCH3 is 1. The molecular formula is C24H32N2O6S. The third-order valence-electron chi connectivity index (χ3n) is 6.73. The second-order valence-corrected chi connectivity index (χ2v) is 10.3. The molecule has 180 valence electrons. The van der Waals surface area contributed by atoms with Crippen LogP contribution in [0.4, 0.5) is 4.79 Å². The molecule has 3 heterocycles. The number of rotatable bonds is 8. The van der Waals surface area contributed by atoms with Crippen molar-refractivity contribution in [3.05, 3.63) is 36.0 Å². The standard InChI is InChI=1S/C24H32N2O6S/c1-15(2)8-9-17-23(3,32-17)21-20(29-4)16(10-11-24(21)14-30-24)31-22(28)26-18(27)13-33-19-7-5-6-12-25-19/h5-8,12,16-17,20-21H,9-11,13-14H2,1-4H3,(H,26,27,28). The van der Waals surface area contributed by atoms with Crippen molar-refractivity contribution in [2.24, 2.45) is 5.92 Å². The Morgan fingerprint density at radius 2 is 2.15 bits per heavy atom. The van der Waals surface area contributed by atoms with Crippen LogP contribution < -0.4 is 5.32 Å². The van der Waals surface area contributed by atoms with Crippen molar-refractivity contribution >= 4 is 23.8 Å². The number of carbonyl (C=O) groups is 2. The molecule has 9 heteroatoms. The van der Waals surface area contributed by atoms with Gasteiger partial charge in [-0.25, -0.2) is 9.78 Å². The third-order valence-corrected chi connectivity index (χ3v) is 7.67. The molecule has 33 heavy (non-hydrogen) atoms. The predicted octanol–water partition coefficient (Wildman–Crippen LogP) is 3.50. The molecule has 2 amide bonds. The Bertz CT molecular complexity index is 901. The van der Waals surface area contributed by atoms with Gasteiger partial charge in [-0.3, -0.25) is 10.1 Å². The summed E-state index contributed by atoms with van der Waals surface area (Å²) in [5.41, 5.74) is 0.554. The van der Waals surface area contributed by atoms with E-state index in [1.54, 1.807) is 19.4 Å². The zero-order chi connectivity index (χ0) is 23.6. The van der Waals surface area contributed by atoms with Crippen molar-refractivity contribution in [1.82, 2.24) is 10.3 Å². The van der Waals surface area contributed by atoms with Crippen LogP contribution >= 0.6 is 11.8 Å². The summed E-state index contributed by atoms with van der Waals surface area (Å²) in [6.07, 6.45) is 4.47. The first-order chi connectivity index (χ1) is 15.8. The maximum absolute atomic E-state index is 12.5. The largest absolute Gasteiger partial charge is 0.443 e. The van der Waals surface area contributed by atoms with Gasteiger partial charge < -0.3 is 18.9 Å². The molecule has 1 aromatic rings. The first-order valence-corrected chi connectivity index (χ1v) is 12.3. The highest BCUT2D eigenvalue weighted by Crippen LogP contribution is 2.59. The lowest BCUT2D eigenvalue weighted by atomic mass is 9.68. The summed E-state index contributed by atoms with van der Waals surface area (Å²) in [5.74, 6) is -0.423. The quantitative estimate of drug-likeness (QED) is 0.346. The monoisotopic (exact) mass is 476 g/mol. The fourth-order valence-corrected chi connectivity index (χ4v) is 5.62.